The second-order valence-electron chi connectivity index (χ2n) is 8.76. The smallest absolute Gasteiger partial charge is 0.416 e. The van der Waals surface area contributed by atoms with E-state index in [1.54, 1.807) is 16.8 Å². The number of benzene rings is 2. The van der Waals surface area contributed by atoms with E-state index < -0.39 is 11.7 Å². The molecule has 2 aromatic carbocycles. The predicted molar refractivity (Wildman–Crippen MR) is 131 cm³/mol. The molecule has 10 heteroatoms. The molecule has 1 atom stereocenters. The van der Waals surface area contributed by atoms with Gasteiger partial charge in [-0.1, -0.05) is 37.2 Å². The molecule has 4 aromatic rings. The van der Waals surface area contributed by atoms with E-state index in [1.807, 2.05) is 30.3 Å². The van der Waals surface area contributed by atoms with Gasteiger partial charge in [0.05, 0.1) is 11.1 Å². The van der Waals surface area contributed by atoms with Crippen LogP contribution in [0.5, 0.6) is 5.75 Å². The number of halogens is 3. The van der Waals surface area contributed by atoms with E-state index in [4.69, 9.17) is 6.11 Å². The van der Waals surface area contributed by atoms with Crippen LogP contribution in [0.3, 0.4) is 0 Å². The molecule has 188 valence electrons. The molecule has 7 nitrogen and oxygen atoms in total. The first kappa shape index (κ1) is 22.8. The highest BCUT2D eigenvalue weighted by Gasteiger charge is 2.32. The monoisotopic (exact) mass is 497 g/mol. The van der Waals surface area contributed by atoms with E-state index in [2.05, 4.69) is 25.4 Å². The molecule has 0 aliphatic carbocycles. The molecule has 1 N–H and O–H groups in total. The molecule has 0 bridgehead atoms. The van der Waals surface area contributed by atoms with E-state index in [1.165, 1.54) is 6.07 Å². The number of nitrogens with one attached hydrogen (secondary N) is 1. The average molecular weight is 498 g/mol. The van der Waals surface area contributed by atoms with E-state index in [-0.39, 0.29) is 18.4 Å². The summed E-state index contributed by atoms with van der Waals surface area (Å²) in [5.41, 5.74) is 0.931. The number of likely N-dealkylation sites (N-methyl/N-ethyl adjacent to an activating group) is 1. The van der Waals surface area contributed by atoms with Crippen molar-refractivity contribution in [1.82, 2.24) is 24.5 Å². The van der Waals surface area contributed by atoms with Gasteiger partial charge in [-0.3, -0.25) is 4.40 Å². The molecule has 0 radical (unpaired) electrons. The van der Waals surface area contributed by atoms with Gasteiger partial charge in [-0.2, -0.15) is 13.2 Å². The standard InChI is InChI=1S/C26H27F3N6O/c1-2-34-13-6-9-20(16-34)31-23-25-30-12-14-35(25)24(33-32-23)21-11-10-19(26(27,28)29)15-22(21)36-17-18-7-4-3-5-8-18/h3-5,7-8,10-12,14-15,20H,2,6,9,13,16-17H2,1H3,(H,31,32)/i1D. The van der Waals surface area contributed by atoms with Crippen molar-refractivity contribution in [3.05, 3.63) is 72.1 Å². The normalized spacial score (nSPS) is 17.2. The molecule has 36 heavy (non-hydrogen) atoms. The van der Waals surface area contributed by atoms with Gasteiger partial charge in [-0.05, 0) is 49.7 Å². The van der Waals surface area contributed by atoms with Crippen LogP contribution in [-0.2, 0) is 12.8 Å². The van der Waals surface area contributed by atoms with Crippen molar-refractivity contribution in [2.45, 2.75) is 38.6 Å². The largest absolute Gasteiger partial charge is 0.488 e. The van der Waals surface area contributed by atoms with Crippen LogP contribution in [0.4, 0.5) is 19.0 Å². The maximum absolute atomic E-state index is 13.5. The van der Waals surface area contributed by atoms with Crippen molar-refractivity contribution in [2.24, 2.45) is 0 Å². The molecule has 1 aliphatic heterocycles. The second-order valence-corrected chi connectivity index (χ2v) is 8.76. The molecule has 0 saturated carbocycles. The van der Waals surface area contributed by atoms with Gasteiger partial charge in [0.25, 0.3) is 0 Å². The summed E-state index contributed by atoms with van der Waals surface area (Å²) < 4.78 is 55.6. The SMILES string of the molecule is [2H]CCN1CCCC(Nc2nnc(-c3ccc(C(F)(F)F)cc3OCc3ccccc3)n3ccnc23)C1. The summed E-state index contributed by atoms with van der Waals surface area (Å²) in [6, 6.07) is 12.8. The van der Waals surface area contributed by atoms with E-state index >= 15 is 0 Å². The van der Waals surface area contributed by atoms with Crippen LogP contribution in [0.2, 0.25) is 0 Å². The Labute approximate surface area is 208 Å². The average Bonchev–Trinajstić information content (AvgIpc) is 3.39. The molecule has 1 unspecified atom stereocenters. The van der Waals surface area contributed by atoms with Gasteiger partial charge in [-0.15, -0.1) is 10.2 Å². The van der Waals surface area contributed by atoms with Crippen LogP contribution < -0.4 is 10.1 Å². The van der Waals surface area contributed by atoms with Crippen molar-refractivity contribution >= 4 is 11.5 Å². The molecule has 0 spiro atoms. The number of piperidine rings is 1. The van der Waals surface area contributed by atoms with Gasteiger partial charge in [0.1, 0.15) is 12.4 Å². The Morgan fingerprint density at radius 2 is 2.03 bits per heavy atom. The maximum atomic E-state index is 13.5. The zero-order valence-corrected chi connectivity index (χ0v) is 19.6. The van der Waals surface area contributed by atoms with Crippen molar-refractivity contribution in [2.75, 3.05) is 25.0 Å². The Bertz CT molecular complexity index is 1350. The van der Waals surface area contributed by atoms with Gasteiger partial charge in [0, 0.05) is 26.4 Å². The molecule has 2 aromatic heterocycles. The fourth-order valence-corrected chi connectivity index (χ4v) is 4.42. The van der Waals surface area contributed by atoms with Gasteiger partial charge in [-0.25, -0.2) is 4.98 Å². The second kappa shape index (κ2) is 10.1. The Morgan fingerprint density at radius 3 is 2.83 bits per heavy atom. The minimum Gasteiger partial charge on any atom is -0.488 e. The van der Waals surface area contributed by atoms with Crippen molar-refractivity contribution in [3.63, 3.8) is 0 Å². The van der Waals surface area contributed by atoms with E-state index in [9.17, 15) is 13.2 Å². The predicted octanol–water partition coefficient (Wildman–Crippen LogP) is 5.29. The van der Waals surface area contributed by atoms with Gasteiger partial charge < -0.3 is 15.0 Å². The van der Waals surface area contributed by atoms with Crippen LogP contribution in [-0.4, -0.2) is 50.2 Å². The number of alkyl halides is 3. The number of rotatable bonds is 7. The number of fused-ring (bicyclic) bond motifs is 1. The van der Waals surface area contributed by atoms with Crippen molar-refractivity contribution in [3.8, 4) is 17.1 Å². The summed E-state index contributed by atoms with van der Waals surface area (Å²) in [7, 11) is 0. The number of ether oxygens (including phenoxy) is 1. The minimum atomic E-state index is -4.51. The van der Waals surface area contributed by atoms with E-state index in [0.29, 0.717) is 29.8 Å². The molecule has 0 amide bonds. The maximum Gasteiger partial charge on any atom is 0.416 e. The van der Waals surface area contributed by atoms with Gasteiger partial charge in [0.15, 0.2) is 17.3 Å². The molecular formula is C26H27F3N6O. The lowest BCUT2D eigenvalue weighted by molar-refractivity contribution is -0.137. The lowest BCUT2D eigenvalue weighted by Gasteiger charge is -2.32. The highest BCUT2D eigenvalue weighted by Crippen LogP contribution is 2.37. The number of nitrogens with zero attached hydrogens (tertiary/aromatic N) is 5. The van der Waals surface area contributed by atoms with Crippen LogP contribution in [0, 0.1) is 0 Å². The third-order valence-corrected chi connectivity index (χ3v) is 6.28. The van der Waals surface area contributed by atoms with Crippen molar-refractivity contribution in [1.29, 1.82) is 0 Å². The Hall–Kier alpha value is -3.66. The van der Waals surface area contributed by atoms with Crippen LogP contribution >= 0.6 is 0 Å². The van der Waals surface area contributed by atoms with Crippen LogP contribution in [0.25, 0.3) is 17.0 Å². The number of hydrogen-bond acceptors (Lipinski definition) is 6. The van der Waals surface area contributed by atoms with E-state index in [0.717, 1.165) is 50.2 Å². The lowest BCUT2D eigenvalue weighted by Crippen LogP contribution is -2.42. The molecule has 5 rings (SSSR count). The number of anilines is 1. The Morgan fingerprint density at radius 1 is 1.17 bits per heavy atom. The Balaban J connectivity index is 1.47. The van der Waals surface area contributed by atoms with Crippen LogP contribution in [0.15, 0.2) is 60.9 Å². The quantitative estimate of drug-likeness (QED) is 0.375. The molecule has 3 heterocycles. The summed E-state index contributed by atoms with van der Waals surface area (Å²) in [6.07, 6.45) is 0.773. The minimum absolute atomic E-state index is 0.0574. The fourth-order valence-electron chi connectivity index (χ4n) is 4.42. The first-order valence-corrected chi connectivity index (χ1v) is 11.8. The Kier molecular flexibility index (Phi) is 6.42. The third kappa shape index (κ3) is 5.13. The third-order valence-electron chi connectivity index (χ3n) is 6.28. The summed E-state index contributed by atoms with van der Waals surface area (Å²) in [6.45, 7) is 2.95. The number of aromatic nitrogens is 4. The fraction of sp³-hybridized carbons (Fsp3) is 0.346. The van der Waals surface area contributed by atoms with Gasteiger partial charge >= 0.3 is 6.18 Å². The van der Waals surface area contributed by atoms with Gasteiger partial charge in [0.2, 0.25) is 0 Å². The summed E-state index contributed by atoms with van der Waals surface area (Å²) in [5, 5.41) is 12.2. The van der Waals surface area contributed by atoms with Crippen LogP contribution in [0.1, 0.15) is 32.2 Å². The molecular weight excluding hydrogens is 469 g/mol. The first-order chi connectivity index (χ1) is 17.9. The molecule has 1 aliphatic rings. The number of likely N-dealkylation sites (tertiary alicyclic amines) is 1. The highest BCUT2D eigenvalue weighted by atomic mass is 19.4. The number of imidazole rings is 1. The number of hydrogen-bond donors (Lipinski definition) is 1. The summed E-state index contributed by atoms with van der Waals surface area (Å²) >= 11 is 0. The first-order valence-electron chi connectivity index (χ1n) is 12.5. The topological polar surface area (TPSA) is 67.6 Å². The zero-order chi connectivity index (χ0) is 25.8. The molecule has 1 saturated heterocycles. The summed E-state index contributed by atoms with van der Waals surface area (Å²) in [4.78, 5) is 6.69. The lowest BCUT2D eigenvalue weighted by atomic mass is 10.1. The summed E-state index contributed by atoms with van der Waals surface area (Å²) in [5.74, 6) is 0.890. The van der Waals surface area contributed by atoms with Crippen molar-refractivity contribution < 1.29 is 19.3 Å². The zero-order valence-electron chi connectivity index (χ0n) is 20.6. The highest BCUT2D eigenvalue weighted by molar-refractivity contribution is 5.71. The molecule has 1 fully saturated rings.